The van der Waals surface area contributed by atoms with Gasteiger partial charge in [-0.25, -0.2) is 5.43 Å². The Kier molecular flexibility index (Phi) is 6.88. The van der Waals surface area contributed by atoms with Gasteiger partial charge in [-0.3, -0.25) is 9.69 Å². The number of hydrogen-bond donors (Lipinski definition) is 2. The minimum atomic E-state index is -0.0870. The molecule has 2 aromatic rings. The number of amides is 1. The lowest BCUT2D eigenvalue weighted by Crippen LogP contribution is -2.39. The second kappa shape index (κ2) is 9.35. The van der Waals surface area contributed by atoms with Gasteiger partial charge >= 0.3 is 0 Å². The molecule has 0 bridgehead atoms. The first-order valence-electron chi connectivity index (χ1n) is 8.79. The number of hydrogen-bond acceptors (Lipinski definition) is 4. The van der Waals surface area contributed by atoms with Gasteiger partial charge in [-0.15, -0.1) is 0 Å². The van der Waals surface area contributed by atoms with Crippen molar-refractivity contribution in [1.82, 2.24) is 10.3 Å². The van der Waals surface area contributed by atoms with Crippen LogP contribution < -0.4 is 5.43 Å². The third kappa shape index (κ3) is 5.79. The number of carbonyl (C=O) groups excluding carboxylic acids is 1. The summed E-state index contributed by atoms with van der Waals surface area (Å²) in [7, 11) is 0. The highest BCUT2D eigenvalue weighted by molar-refractivity contribution is 9.10. The summed E-state index contributed by atoms with van der Waals surface area (Å²) in [6, 6.07) is 13.0. The molecule has 1 fully saturated rings. The van der Waals surface area contributed by atoms with Crippen LogP contribution in [0.3, 0.4) is 0 Å². The fraction of sp³-hybridized carbons (Fsp3) is 0.300. The monoisotopic (exact) mass is 449 g/mol. The van der Waals surface area contributed by atoms with E-state index in [0.717, 1.165) is 36.9 Å². The van der Waals surface area contributed by atoms with Crippen molar-refractivity contribution < 1.29 is 9.90 Å². The van der Waals surface area contributed by atoms with Gasteiger partial charge in [0.15, 0.2) is 0 Å². The van der Waals surface area contributed by atoms with Crippen LogP contribution in [0.5, 0.6) is 5.75 Å². The standard InChI is InChI=1S/C20H21BrClN3O2/c21-17-3-1-14(2-4-17)13-25-9-7-15(8-10-25)20(27)24-23-12-16-11-18(22)5-6-19(16)26/h1-6,11-12,15,26H,7-10,13H2,(H,24,27)/b23-12-. The maximum absolute atomic E-state index is 12.3. The minimum absolute atomic E-state index is 0.0451. The molecule has 0 unspecified atom stereocenters. The summed E-state index contributed by atoms with van der Waals surface area (Å²) in [5, 5.41) is 14.2. The molecule has 3 rings (SSSR count). The minimum Gasteiger partial charge on any atom is -0.507 e. The largest absolute Gasteiger partial charge is 0.507 e. The number of nitrogens with zero attached hydrogens (tertiary/aromatic N) is 2. The lowest BCUT2D eigenvalue weighted by atomic mass is 9.96. The first kappa shape index (κ1) is 19.9. The quantitative estimate of drug-likeness (QED) is 0.531. The number of benzene rings is 2. The first-order valence-corrected chi connectivity index (χ1v) is 9.96. The Bertz CT molecular complexity index is 818. The number of piperidine rings is 1. The first-order chi connectivity index (χ1) is 13.0. The number of hydrazone groups is 1. The Labute approximate surface area is 172 Å². The second-order valence-corrected chi connectivity index (χ2v) is 7.97. The fourth-order valence-corrected chi connectivity index (χ4v) is 3.53. The molecule has 2 aromatic carbocycles. The highest BCUT2D eigenvalue weighted by atomic mass is 79.9. The molecular formula is C20H21BrClN3O2. The Morgan fingerprint density at radius 2 is 1.96 bits per heavy atom. The summed E-state index contributed by atoms with van der Waals surface area (Å²) in [5.41, 5.74) is 4.31. The highest BCUT2D eigenvalue weighted by Gasteiger charge is 2.24. The van der Waals surface area contributed by atoms with Gasteiger partial charge in [0.2, 0.25) is 5.91 Å². The van der Waals surface area contributed by atoms with E-state index in [1.54, 1.807) is 12.1 Å². The maximum atomic E-state index is 12.3. The van der Waals surface area contributed by atoms with Crippen LogP contribution in [0.2, 0.25) is 5.02 Å². The number of halogens is 2. The number of phenols is 1. The van der Waals surface area contributed by atoms with Crippen molar-refractivity contribution in [1.29, 1.82) is 0 Å². The van der Waals surface area contributed by atoms with Gasteiger partial charge in [-0.2, -0.15) is 5.10 Å². The van der Waals surface area contributed by atoms with Gasteiger partial charge in [0, 0.05) is 27.5 Å². The molecule has 0 aliphatic carbocycles. The average Bonchev–Trinajstić information content (AvgIpc) is 2.67. The van der Waals surface area contributed by atoms with Crippen LogP contribution in [0, 0.1) is 5.92 Å². The number of phenolic OH excluding ortho intramolecular Hbond substituents is 1. The van der Waals surface area contributed by atoms with E-state index in [1.165, 1.54) is 17.8 Å². The number of rotatable bonds is 5. The molecule has 2 N–H and O–H groups in total. The van der Waals surface area contributed by atoms with Crippen molar-refractivity contribution in [3.63, 3.8) is 0 Å². The van der Waals surface area contributed by atoms with Crippen molar-refractivity contribution >= 4 is 39.7 Å². The van der Waals surface area contributed by atoms with Gasteiger partial charge in [0.25, 0.3) is 0 Å². The normalized spacial score (nSPS) is 15.9. The van der Waals surface area contributed by atoms with Crippen LogP contribution in [-0.4, -0.2) is 35.2 Å². The van der Waals surface area contributed by atoms with Gasteiger partial charge in [-0.1, -0.05) is 39.7 Å². The molecule has 0 atom stereocenters. The van der Waals surface area contributed by atoms with E-state index in [2.05, 4.69) is 43.5 Å². The Hall–Kier alpha value is -1.89. The molecule has 0 radical (unpaired) electrons. The van der Waals surface area contributed by atoms with E-state index in [-0.39, 0.29) is 17.6 Å². The third-order valence-electron chi connectivity index (χ3n) is 4.65. The van der Waals surface area contributed by atoms with Crippen LogP contribution in [0.15, 0.2) is 52.0 Å². The van der Waals surface area contributed by atoms with Crippen LogP contribution in [0.25, 0.3) is 0 Å². The van der Waals surface area contributed by atoms with Gasteiger partial charge < -0.3 is 5.11 Å². The molecule has 0 spiro atoms. The van der Waals surface area contributed by atoms with Crippen molar-refractivity contribution in [2.75, 3.05) is 13.1 Å². The molecule has 27 heavy (non-hydrogen) atoms. The molecule has 142 valence electrons. The van der Waals surface area contributed by atoms with Gasteiger partial charge in [-0.05, 0) is 61.8 Å². The lowest BCUT2D eigenvalue weighted by molar-refractivity contribution is -0.126. The molecule has 1 amide bonds. The Morgan fingerprint density at radius 3 is 2.67 bits per heavy atom. The summed E-state index contributed by atoms with van der Waals surface area (Å²) >= 11 is 9.34. The van der Waals surface area contributed by atoms with Crippen molar-refractivity contribution in [2.24, 2.45) is 11.0 Å². The van der Waals surface area contributed by atoms with E-state index < -0.39 is 0 Å². The van der Waals surface area contributed by atoms with E-state index in [0.29, 0.717) is 10.6 Å². The predicted molar refractivity (Wildman–Crippen MR) is 111 cm³/mol. The van der Waals surface area contributed by atoms with Crippen molar-refractivity contribution in [3.8, 4) is 5.75 Å². The summed E-state index contributed by atoms with van der Waals surface area (Å²) < 4.78 is 1.08. The molecule has 0 saturated carbocycles. The van der Waals surface area contributed by atoms with E-state index in [9.17, 15) is 9.90 Å². The van der Waals surface area contributed by atoms with Gasteiger partial charge in [0.1, 0.15) is 5.75 Å². The number of aromatic hydroxyl groups is 1. The van der Waals surface area contributed by atoms with Crippen molar-refractivity contribution in [2.45, 2.75) is 19.4 Å². The molecule has 1 saturated heterocycles. The summed E-state index contributed by atoms with van der Waals surface area (Å²) in [4.78, 5) is 14.7. The van der Waals surface area contributed by atoms with Crippen LogP contribution in [-0.2, 0) is 11.3 Å². The summed E-state index contributed by atoms with van der Waals surface area (Å²) in [5.74, 6) is -0.0639. The zero-order chi connectivity index (χ0) is 19.2. The van der Waals surface area contributed by atoms with Crippen LogP contribution in [0.4, 0.5) is 0 Å². The van der Waals surface area contributed by atoms with Crippen LogP contribution in [0.1, 0.15) is 24.0 Å². The average molecular weight is 451 g/mol. The molecule has 0 aromatic heterocycles. The molecule has 5 nitrogen and oxygen atoms in total. The van der Waals surface area contributed by atoms with Crippen LogP contribution >= 0.6 is 27.5 Å². The molecule has 7 heteroatoms. The Balaban J connectivity index is 1.46. The molecular weight excluding hydrogens is 430 g/mol. The van der Waals surface area contributed by atoms with Crippen molar-refractivity contribution in [3.05, 3.63) is 63.1 Å². The number of nitrogens with one attached hydrogen (secondary N) is 1. The number of likely N-dealkylation sites (tertiary alicyclic amines) is 1. The fourth-order valence-electron chi connectivity index (χ4n) is 3.09. The highest BCUT2D eigenvalue weighted by Crippen LogP contribution is 2.21. The predicted octanol–water partition coefficient (Wildman–Crippen LogP) is 4.17. The second-order valence-electron chi connectivity index (χ2n) is 6.61. The topological polar surface area (TPSA) is 64.9 Å². The lowest BCUT2D eigenvalue weighted by Gasteiger charge is -2.30. The zero-order valence-corrected chi connectivity index (χ0v) is 17.1. The summed E-state index contributed by atoms with van der Waals surface area (Å²) in [6.45, 7) is 2.66. The maximum Gasteiger partial charge on any atom is 0.243 e. The molecule has 1 aliphatic heterocycles. The number of carbonyl (C=O) groups is 1. The SMILES string of the molecule is O=C(N/N=C\c1cc(Cl)ccc1O)C1CCN(Cc2ccc(Br)cc2)CC1. The van der Waals surface area contributed by atoms with E-state index >= 15 is 0 Å². The van der Waals surface area contributed by atoms with E-state index in [1.807, 2.05) is 12.1 Å². The molecule has 1 heterocycles. The van der Waals surface area contributed by atoms with E-state index in [4.69, 9.17) is 11.6 Å². The van der Waals surface area contributed by atoms with Gasteiger partial charge in [0.05, 0.1) is 6.21 Å². The smallest absolute Gasteiger partial charge is 0.243 e. The summed E-state index contributed by atoms with van der Waals surface area (Å²) in [6.07, 6.45) is 3.02. The zero-order valence-electron chi connectivity index (χ0n) is 14.7. The third-order valence-corrected chi connectivity index (χ3v) is 5.41. The Morgan fingerprint density at radius 1 is 1.26 bits per heavy atom. The molecule has 1 aliphatic rings.